The van der Waals surface area contributed by atoms with Gasteiger partial charge in [0.1, 0.15) is 6.33 Å². The highest BCUT2D eigenvalue weighted by Crippen LogP contribution is 2.19. The normalized spacial score (nSPS) is 11.6. The van der Waals surface area contributed by atoms with Crippen LogP contribution in [-0.4, -0.2) is 15.6 Å². The van der Waals surface area contributed by atoms with Crippen molar-refractivity contribution in [2.24, 2.45) is 0 Å². The molecular formula is C16H20N2O. The van der Waals surface area contributed by atoms with Gasteiger partial charge in [0, 0.05) is 11.3 Å². The number of aromatic nitrogens is 2. The van der Waals surface area contributed by atoms with Crippen LogP contribution in [0.3, 0.4) is 0 Å². The van der Waals surface area contributed by atoms with Gasteiger partial charge < -0.3 is 4.74 Å². The summed E-state index contributed by atoms with van der Waals surface area (Å²) in [6, 6.07) is 10.3. The first-order chi connectivity index (χ1) is 8.94. The highest BCUT2D eigenvalue weighted by Gasteiger charge is 2.10. The third-order valence-corrected chi connectivity index (χ3v) is 2.73. The molecule has 100 valence electrons. The third kappa shape index (κ3) is 4.14. The second kappa shape index (κ2) is 5.49. The van der Waals surface area contributed by atoms with Gasteiger partial charge in [-0.15, -0.1) is 0 Å². The second-order valence-electron chi connectivity index (χ2n) is 5.64. The average Bonchev–Trinajstić information content (AvgIpc) is 2.36. The maximum atomic E-state index is 5.75. The van der Waals surface area contributed by atoms with Crippen LogP contribution < -0.4 is 0 Å². The Morgan fingerprint density at radius 3 is 2.32 bits per heavy atom. The van der Waals surface area contributed by atoms with Crippen molar-refractivity contribution in [3.8, 4) is 11.3 Å². The molecule has 1 aromatic heterocycles. The van der Waals surface area contributed by atoms with E-state index in [0.717, 1.165) is 17.0 Å². The van der Waals surface area contributed by atoms with Gasteiger partial charge in [-0.1, -0.05) is 24.3 Å². The molecule has 3 nitrogen and oxygen atoms in total. The van der Waals surface area contributed by atoms with E-state index >= 15 is 0 Å². The highest BCUT2D eigenvalue weighted by molar-refractivity contribution is 5.59. The summed E-state index contributed by atoms with van der Waals surface area (Å²) in [6.45, 7) is 8.78. The van der Waals surface area contributed by atoms with Gasteiger partial charge in [-0.25, -0.2) is 9.97 Å². The Balaban J connectivity index is 2.10. The van der Waals surface area contributed by atoms with E-state index in [4.69, 9.17) is 4.74 Å². The topological polar surface area (TPSA) is 35.0 Å². The molecule has 0 aliphatic carbocycles. The standard InChI is InChI=1S/C16H20N2O/c1-12-9-15(18-11-17-12)14-7-5-13(6-8-14)10-19-16(2,3)4/h5-9,11H,10H2,1-4H3. The summed E-state index contributed by atoms with van der Waals surface area (Å²) in [5.41, 5.74) is 4.10. The van der Waals surface area contributed by atoms with E-state index < -0.39 is 0 Å². The quantitative estimate of drug-likeness (QED) is 0.838. The smallest absolute Gasteiger partial charge is 0.116 e. The van der Waals surface area contributed by atoms with Crippen LogP contribution in [0.5, 0.6) is 0 Å². The van der Waals surface area contributed by atoms with Gasteiger partial charge in [0.05, 0.1) is 17.9 Å². The maximum absolute atomic E-state index is 5.75. The van der Waals surface area contributed by atoms with Crippen molar-refractivity contribution in [3.05, 3.63) is 47.9 Å². The van der Waals surface area contributed by atoms with E-state index in [1.54, 1.807) is 6.33 Å². The summed E-state index contributed by atoms with van der Waals surface area (Å²) in [6.07, 6.45) is 1.60. The molecule has 0 saturated heterocycles. The van der Waals surface area contributed by atoms with Crippen LogP contribution in [-0.2, 0) is 11.3 Å². The van der Waals surface area contributed by atoms with Gasteiger partial charge in [-0.3, -0.25) is 0 Å². The Hall–Kier alpha value is -1.74. The molecule has 0 amide bonds. The van der Waals surface area contributed by atoms with Crippen LogP contribution in [0.25, 0.3) is 11.3 Å². The minimum atomic E-state index is -0.109. The lowest BCUT2D eigenvalue weighted by Gasteiger charge is -2.19. The molecule has 0 atom stereocenters. The zero-order valence-corrected chi connectivity index (χ0v) is 12.0. The number of hydrogen-bond donors (Lipinski definition) is 0. The Kier molecular flexibility index (Phi) is 3.96. The summed E-state index contributed by atoms with van der Waals surface area (Å²) >= 11 is 0. The first-order valence-corrected chi connectivity index (χ1v) is 6.46. The number of rotatable bonds is 3. The zero-order valence-electron chi connectivity index (χ0n) is 12.0. The lowest BCUT2D eigenvalue weighted by molar-refractivity contribution is -0.0149. The van der Waals surface area contributed by atoms with Crippen molar-refractivity contribution in [1.82, 2.24) is 9.97 Å². The van der Waals surface area contributed by atoms with Crippen molar-refractivity contribution >= 4 is 0 Å². The minimum absolute atomic E-state index is 0.109. The molecule has 0 unspecified atom stereocenters. The summed E-state index contributed by atoms with van der Waals surface area (Å²) in [4.78, 5) is 8.39. The lowest BCUT2D eigenvalue weighted by atomic mass is 10.1. The van der Waals surface area contributed by atoms with Crippen molar-refractivity contribution in [2.75, 3.05) is 0 Å². The van der Waals surface area contributed by atoms with Gasteiger partial charge in [0.15, 0.2) is 0 Å². The van der Waals surface area contributed by atoms with Crippen LogP contribution in [0.15, 0.2) is 36.7 Å². The van der Waals surface area contributed by atoms with Crippen molar-refractivity contribution < 1.29 is 4.74 Å². The summed E-state index contributed by atoms with van der Waals surface area (Å²) in [5, 5.41) is 0. The molecule has 0 aliphatic rings. The minimum Gasteiger partial charge on any atom is -0.371 e. The van der Waals surface area contributed by atoms with Gasteiger partial charge in [-0.05, 0) is 39.3 Å². The third-order valence-electron chi connectivity index (χ3n) is 2.73. The molecule has 3 heteroatoms. The first kappa shape index (κ1) is 13.7. The molecule has 0 saturated carbocycles. The number of ether oxygens (including phenoxy) is 1. The predicted octanol–water partition coefficient (Wildman–Crippen LogP) is 3.77. The molecule has 1 heterocycles. The van der Waals surface area contributed by atoms with Gasteiger partial charge >= 0.3 is 0 Å². The number of aryl methyl sites for hydroxylation is 1. The predicted molar refractivity (Wildman–Crippen MR) is 76.7 cm³/mol. The van der Waals surface area contributed by atoms with Crippen molar-refractivity contribution in [3.63, 3.8) is 0 Å². The summed E-state index contributed by atoms with van der Waals surface area (Å²) in [7, 11) is 0. The Bertz CT molecular complexity index is 541. The van der Waals surface area contributed by atoms with E-state index in [1.165, 1.54) is 5.56 Å². The highest BCUT2D eigenvalue weighted by atomic mass is 16.5. The largest absolute Gasteiger partial charge is 0.371 e. The SMILES string of the molecule is Cc1cc(-c2ccc(COC(C)(C)C)cc2)ncn1. The summed E-state index contributed by atoms with van der Waals surface area (Å²) in [5.74, 6) is 0. The van der Waals surface area contributed by atoms with Crippen LogP contribution in [0.4, 0.5) is 0 Å². The molecule has 0 spiro atoms. The molecule has 19 heavy (non-hydrogen) atoms. The summed E-state index contributed by atoms with van der Waals surface area (Å²) < 4.78 is 5.75. The molecule has 0 N–H and O–H groups in total. The molecule has 2 rings (SSSR count). The van der Waals surface area contributed by atoms with E-state index in [-0.39, 0.29) is 5.60 Å². The number of nitrogens with zero attached hydrogens (tertiary/aromatic N) is 2. The van der Waals surface area contributed by atoms with Crippen molar-refractivity contribution in [1.29, 1.82) is 0 Å². The first-order valence-electron chi connectivity index (χ1n) is 6.46. The average molecular weight is 256 g/mol. The van der Waals surface area contributed by atoms with E-state index in [1.807, 2.05) is 13.0 Å². The van der Waals surface area contributed by atoms with Crippen LogP contribution in [0.2, 0.25) is 0 Å². The van der Waals surface area contributed by atoms with Crippen molar-refractivity contribution in [2.45, 2.75) is 39.9 Å². The Labute approximate surface area is 114 Å². The molecule has 2 aromatic rings. The molecule has 0 bridgehead atoms. The van der Waals surface area contributed by atoms with E-state index in [9.17, 15) is 0 Å². The maximum Gasteiger partial charge on any atom is 0.116 e. The molecular weight excluding hydrogens is 236 g/mol. The van der Waals surface area contributed by atoms with Crippen LogP contribution in [0, 0.1) is 6.92 Å². The Morgan fingerprint density at radius 2 is 1.74 bits per heavy atom. The number of benzene rings is 1. The van der Waals surface area contributed by atoms with Gasteiger partial charge in [0.2, 0.25) is 0 Å². The monoisotopic (exact) mass is 256 g/mol. The Morgan fingerprint density at radius 1 is 1.05 bits per heavy atom. The van der Waals surface area contributed by atoms with Gasteiger partial charge in [-0.2, -0.15) is 0 Å². The molecule has 0 radical (unpaired) electrons. The second-order valence-corrected chi connectivity index (χ2v) is 5.64. The molecule has 0 fully saturated rings. The molecule has 0 aliphatic heterocycles. The fraction of sp³-hybridized carbons (Fsp3) is 0.375. The lowest BCUT2D eigenvalue weighted by Crippen LogP contribution is -2.18. The molecule has 1 aromatic carbocycles. The van der Waals surface area contributed by atoms with Crippen LogP contribution in [0.1, 0.15) is 32.0 Å². The van der Waals surface area contributed by atoms with E-state index in [0.29, 0.717) is 6.61 Å². The van der Waals surface area contributed by atoms with Crippen LogP contribution >= 0.6 is 0 Å². The van der Waals surface area contributed by atoms with Gasteiger partial charge in [0.25, 0.3) is 0 Å². The fourth-order valence-electron chi connectivity index (χ4n) is 1.68. The zero-order chi connectivity index (χ0) is 13.9. The van der Waals surface area contributed by atoms with E-state index in [2.05, 4.69) is 55.0 Å². The number of hydrogen-bond acceptors (Lipinski definition) is 3. The fourth-order valence-corrected chi connectivity index (χ4v) is 1.68.